The van der Waals surface area contributed by atoms with Crippen molar-refractivity contribution in [3.8, 4) is 11.5 Å². The Morgan fingerprint density at radius 3 is 2.48 bits per heavy atom. The van der Waals surface area contributed by atoms with Crippen molar-refractivity contribution in [2.45, 2.75) is 12.8 Å². The summed E-state index contributed by atoms with van der Waals surface area (Å²) in [5.74, 6) is 1.19. The first kappa shape index (κ1) is 17.1. The highest BCUT2D eigenvalue weighted by Crippen LogP contribution is 2.32. The summed E-state index contributed by atoms with van der Waals surface area (Å²) in [6.45, 7) is 1.86. The van der Waals surface area contributed by atoms with E-state index in [2.05, 4.69) is 5.32 Å². The number of carbonyl (C=O) groups excluding carboxylic acids is 2. The summed E-state index contributed by atoms with van der Waals surface area (Å²) in [5, 5.41) is 2.79. The molecule has 0 spiro atoms. The van der Waals surface area contributed by atoms with Crippen LogP contribution in [0, 0.1) is 0 Å². The summed E-state index contributed by atoms with van der Waals surface area (Å²) in [7, 11) is 0. The monoisotopic (exact) mass is 364 g/mol. The van der Waals surface area contributed by atoms with E-state index >= 15 is 0 Å². The minimum atomic E-state index is -0.244. The number of hydrogen-bond donors (Lipinski definition) is 1. The SMILES string of the molecule is O=C(/C=C/c1ccc2c(c1)OCO2)Nc1ccc(C(=O)N2CCCC2)cc1. The van der Waals surface area contributed by atoms with Gasteiger partial charge in [-0.25, -0.2) is 0 Å². The van der Waals surface area contributed by atoms with Gasteiger partial charge in [0.05, 0.1) is 0 Å². The summed E-state index contributed by atoms with van der Waals surface area (Å²) in [6, 6.07) is 12.5. The van der Waals surface area contributed by atoms with Crippen LogP contribution < -0.4 is 14.8 Å². The van der Waals surface area contributed by atoms with Crippen LogP contribution in [0.5, 0.6) is 11.5 Å². The molecule has 2 heterocycles. The smallest absolute Gasteiger partial charge is 0.253 e. The first-order valence-electron chi connectivity index (χ1n) is 8.97. The Hall–Kier alpha value is -3.28. The maximum atomic E-state index is 12.3. The van der Waals surface area contributed by atoms with Crippen LogP contribution in [0.4, 0.5) is 5.69 Å². The second kappa shape index (κ2) is 7.53. The average Bonchev–Trinajstić information content (AvgIpc) is 3.38. The number of benzene rings is 2. The van der Waals surface area contributed by atoms with Crippen molar-refractivity contribution in [1.29, 1.82) is 0 Å². The number of nitrogens with one attached hydrogen (secondary N) is 1. The van der Waals surface area contributed by atoms with E-state index in [1.54, 1.807) is 30.3 Å². The van der Waals surface area contributed by atoms with Gasteiger partial charge in [0, 0.05) is 30.4 Å². The largest absolute Gasteiger partial charge is 0.454 e. The summed E-state index contributed by atoms with van der Waals surface area (Å²) in [5.41, 5.74) is 2.14. The first-order valence-corrected chi connectivity index (χ1v) is 8.97. The zero-order chi connectivity index (χ0) is 18.6. The van der Waals surface area contributed by atoms with Gasteiger partial charge in [-0.3, -0.25) is 9.59 Å². The molecular formula is C21H20N2O4. The Bertz CT molecular complexity index is 884. The first-order chi connectivity index (χ1) is 13.2. The standard InChI is InChI=1S/C21H20N2O4/c24-20(10-4-15-3-9-18-19(13-15)27-14-26-18)22-17-7-5-16(6-8-17)21(25)23-11-1-2-12-23/h3-10,13H,1-2,11-12,14H2,(H,22,24)/b10-4+. The molecule has 27 heavy (non-hydrogen) atoms. The van der Waals surface area contributed by atoms with Crippen molar-refractivity contribution < 1.29 is 19.1 Å². The minimum Gasteiger partial charge on any atom is -0.454 e. The predicted octanol–water partition coefficient (Wildman–Crippen LogP) is 3.30. The van der Waals surface area contributed by atoms with Crippen molar-refractivity contribution in [2.75, 3.05) is 25.2 Å². The van der Waals surface area contributed by atoms with Crippen LogP contribution in [0.2, 0.25) is 0 Å². The van der Waals surface area contributed by atoms with Gasteiger partial charge in [-0.15, -0.1) is 0 Å². The van der Waals surface area contributed by atoms with Crippen LogP contribution in [0.1, 0.15) is 28.8 Å². The molecule has 6 heteroatoms. The minimum absolute atomic E-state index is 0.0491. The molecule has 0 saturated carbocycles. The second-order valence-electron chi connectivity index (χ2n) is 6.51. The Labute approximate surface area is 157 Å². The van der Waals surface area contributed by atoms with Gasteiger partial charge in [-0.1, -0.05) is 6.07 Å². The number of carbonyl (C=O) groups is 2. The number of likely N-dealkylation sites (tertiary alicyclic amines) is 1. The zero-order valence-electron chi connectivity index (χ0n) is 14.8. The number of rotatable bonds is 4. The molecular weight excluding hydrogens is 344 g/mol. The van der Waals surface area contributed by atoms with Crippen LogP contribution >= 0.6 is 0 Å². The Morgan fingerprint density at radius 1 is 0.963 bits per heavy atom. The van der Waals surface area contributed by atoms with Crippen LogP contribution in [-0.2, 0) is 4.79 Å². The predicted molar refractivity (Wildman–Crippen MR) is 102 cm³/mol. The number of ether oxygens (including phenoxy) is 2. The van der Waals surface area contributed by atoms with Crippen molar-refractivity contribution in [2.24, 2.45) is 0 Å². The third kappa shape index (κ3) is 3.95. The van der Waals surface area contributed by atoms with Crippen LogP contribution in [0.25, 0.3) is 6.08 Å². The van der Waals surface area contributed by atoms with Crippen molar-refractivity contribution in [1.82, 2.24) is 4.90 Å². The van der Waals surface area contributed by atoms with E-state index in [0.717, 1.165) is 31.5 Å². The number of nitrogens with zero attached hydrogens (tertiary/aromatic N) is 1. The van der Waals surface area contributed by atoms with Gasteiger partial charge >= 0.3 is 0 Å². The lowest BCUT2D eigenvalue weighted by Gasteiger charge is -2.15. The molecule has 1 N–H and O–H groups in total. The molecule has 2 aromatic rings. The molecule has 6 nitrogen and oxygen atoms in total. The van der Waals surface area contributed by atoms with Gasteiger partial charge in [0.1, 0.15) is 0 Å². The van der Waals surface area contributed by atoms with E-state index in [9.17, 15) is 9.59 Å². The van der Waals surface area contributed by atoms with E-state index in [1.165, 1.54) is 6.08 Å². The molecule has 1 fully saturated rings. The molecule has 0 bridgehead atoms. The highest BCUT2D eigenvalue weighted by atomic mass is 16.7. The van der Waals surface area contributed by atoms with E-state index in [0.29, 0.717) is 22.7 Å². The molecule has 2 aliphatic heterocycles. The van der Waals surface area contributed by atoms with E-state index < -0.39 is 0 Å². The number of fused-ring (bicyclic) bond motifs is 1. The Morgan fingerprint density at radius 2 is 1.70 bits per heavy atom. The third-order valence-corrected chi connectivity index (χ3v) is 4.62. The van der Waals surface area contributed by atoms with Gasteiger partial charge in [0.15, 0.2) is 11.5 Å². The lowest BCUT2D eigenvalue weighted by molar-refractivity contribution is -0.111. The molecule has 0 atom stereocenters. The van der Waals surface area contributed by atoms with Gasteiger partial charge in [0.25, 0.3) is 5.91 Å². The van der Waals surface area contributed by atoms with Gasteiger partial charge in [-0.2, -0.15) is 0 Å². The van der Waals surface area contributed by atoms with Crippen LogP contribution in [0.15, 0.2) is 48.5 Å². The van der Waals surface area contributed by atoms with Gasteiger partial charge in [-0.05, 0) is 60.9 Å². The molecule has 0 radical (unpaired) electrons. The fourth-order valence-corrected chi connectivity index (χ4v) is 3.17. The lowest BCUT2D eigenvalue weighted by Crippen LogP contribution is -2.27. The topological polar surface area (TPSA) is 67.9 Å². The van der Waals surface area contributed by atoms with Gasteiger partial charge < -0.3 is 19.7 Å². The average molecular weight is 364 g/mol. The Kier molecular flexibility index (Phi) is 4.78. The molecule has 2 aromatic carbocycles. The number of anilines is 1. The molecule has 0 unspecified atom stereocenters. The molecule has 4 rings (SSSR count). The summed E-state index contributed by atoms with van der Waals surface area (Å²) < 4.78 is 10.6. The maximum Gasteiger partial charge on any atom is 0.253 e. The van der Waals surface area contributed by atoms with E-state index in [-0.39, 0.29) is 18.6 Å². The maximum absolute atomic E-state index is 12.3. The lowest BCUT2D eigenvalue weighted by atomic mass is 10.1. The van der Waals surface area contributed by atoms with Crippen molar-refractivity contribution in [3.63, 3.8) is 0 Å². The number of amides is 2. The highest BCUT2D eigenvalue weighted by Gasteiger charge is 2.19. The van der Waals surface area contributed by atoms with Crippen LogP contribution in [0.3, 0.4) is 0 Å². The normalized spacial score (nSPS) is 15.3. The van der Waals surface area contributed by atoms with E-state index in [1.807, 2.05) is 23.1 Å². The summed E-state index contributed by atoms with van der Waals surface area (Å²) in [4.78, 5) is 26.3. The molecule has 2 aliphatic rings. The highest BCUT2D eigenvalue weighted by molar-refractivity contribution is 6.02. The number of hydrogen-bond acceptors (Lipinski definition) is 4. The summed E-state index contributed by atoms with van der Waals surface area (Å²) >= 11 is 0. The van der Waals surface area contributed by atoms with Gasteiger partial charge in [0.2, 0.25) is 12.7 Å². The molecule has 138 valence electrons. The Balaban J connectivity index is 1.35. The molecule has 0 aliphatic carbocycles. The molecule has 2 amide bonds. The van der Waals surface area contributed by atoms with Crippen molar-refractivity contribution >= 4 is 23.6 Å². The van der Waals surface area contributed by atoms with Crippen molar-refractivity contribution in [3.05, 3.63) is 59.7 Å². The molecule has 1 saturated heterocycles. The third-order valence-electron chi connectivity index (χ3n) is 4.62. The summed E-state index contributed by atoms with van der Waals surface area (Å²) in [6.07, 6.45) is 5.30. The quantitative estimate of drug-likeness (QED) is 0.846. The van der Waals surface area contributed by atoms with E-state index in [4.69, 9.17) is 9.47 Å². The molecule has 0 aromatic heterocycles. The fraction of sp³-hybridized carbons (Fsp3) is 0.238. The second-order valence-corrected chi connectivity index (χ2v) is 6.51. The zero-order valence-corrected chi connectivity index (χ0v) is 14.8. The van der Waals surface area contributed by atoms with Crippen LogP contribution in [-0.4, -0.2) is 36.6 Å². The fourth-order valence-electron chi connectivity index (χ4n) is 3.17.